The lowest BCUT2D eigenvalue weighted by Gasteiger charge is -2.16. The van der Waals surface area contributed by atoms with Crippen LogP contribution in [0.4, 0.5) is 0 Å². The van der Waals surface area contributed by atoms with E-state index in [9.17, 15) is 0 Å². The lowest BCUT2D eigenvalue weighted by Crippen LogP contribution is -2.16. The zero-order chi connectivity index (χ0) is 31.5. The summed E-state index contributed by atoms with van der Waals surface area (Å²) in [6.45, 7) is 0. The number of nitrogens with zero attached hydrogens (tertiary/aromatic N) is 3. The zero-order valence-electron chi connectivity index (χ0n) is 25.0. The molecule has 0 radical (unpaired) electrons. The zero-order valence-corrected chi connectivity index (χ0v) is 25.0. The molecule has 6 nitrogen and oxygen atoms in total. The Bertz CT molecular complexity index is 2620. The standard InChI is InChI=1S/C41H25N5O/c42-34-21-19-25-16-17-27-23-29(18-20-30(27)36(25)37(34)43)40-44-39(28-11-6-10-26(22-28)24-8-2-1-3-9-24)45-41(46-40)33-14-7-13-32-31-12-4-5-15-35(31)47-38(32)33/h1-23,42-43H. The predicted octanol–water partition coefficient (Wildman–Crippen LogP) is 10.0. The molecule has 47 heavy (non-hydrogen) atoms. The summed E-state index contributed by atoms with van der Waals surface area (Å²) in [6.07, 6.45) is 3.57. The summed E-state index contributed by atoms with van der Waals surface area (Å²) in [6, 6.07) is 42.7. The van der Waals surface area contributed by atoms with E-state index in [-0.39, 0.29) is 11.4 Å². The molecule has 9 rings (SSSR count). The van der Waals surface area contributed by atoms with Gasteiger partial charge in [0.2, 0.25) is 0 Å². The average molecular weight is 604 g/mol. The number of hydrogen-bond donors (Lipinski definition) is 2. The van der Waals surface area contributed by atoms with Crippen LogP contribution in [0, 0.1) is 10.8 Å². The normalized spacial score (nSPS) is 12.7. The molecule has 0 fully saturated rings. The van der Waals surface area contributed by atoms with Crippen molar-refractivity contribution in [3.05, 3.63) is 145 Å². The number of aromatic nitrogens is 3. The van der Waals surface area contributed by atoms with Crippen LogP contribution in [0.5, 0.6) is 0 Å². The van der Waals surface area contributed by atoms with Crippen molar-refractivity contribution in [3.63, 3.8) is 0 Å². The number of furan rings is 1. The van der Waals surface area contributed by atoms with Crippen LogP contribution in [0.3, 0.4) is 0 Å². The molecular weight excluding hydrogens is 578 g/mol. The summed E-state index contributed by atoms with van der Waals surface area (Å²) in [4.78, 5) is 15.1. The summed E-state index contributed by atoms with van der Waals surface area (Å²) < 4.78 is 6.39. The van der Waals surface area contributed by atoms with E-state index in [0.29, 0.717) is 17.5 Å². The largest absolute Gasteiger partial charge is 0.455 e. The van der Waals surface area contributed by atoms with Crippen molar-refractivity contribution in [1.82, 2.24) is 15.0 Å². The molecule has 220 valence electrons. The SMILES string of the molecule is N=C1C=Cc2ccc3cc(-c4nc(-c5cccc(-c6ccccc6)c5)nc(-c5cccc6c5oc5ccccc56)n4)ccc3c2C1=N. The maximum Gasteiger partial charge on any atom is 0.167 e. The van der Waals surface area contributed by atoms with Crippen molar-refractivity contribution in [3.8, 4) is 45.3 Å². The monoisotopic (exact) mass is 603 g/mol. The smallest absolute Gasteiger partial charge is 0.167 e. The first-order valence-electron chi connectivity index (χ1n) is 15.4. The minimum Gasteiger partial charge on any atom is -0.455 e. The van der Waals surface area contributed by atoms with Crippen molar-refractivity contribution < 1.29 is 4.42 Å². The summed E-state index contributed by atoms with van der Waals surface area (Å²) in [7, 11) is 0. The van der Waals surface area contributed by atoms with E-state index in [1.807, 2.05) is 91.0 Å². The first kappa shape index (κ1) is 26.8. The molecule has 0 aliphatic heterocycles. The Morgan fingerprint density at radius 3 is 2.06 bits per heavy atom. The molecule has 0 amide bonds. The fourth-order valence-corrected chi connectivity index (χ4v) is 6.44. The minimum absolute atomic E-state index is 0.207. The first-order valence-corrected chi connectivity index (χ1v) is 15.4. The van der Waals surface area contributed by atoms with Crippen molar-refractivity contribution >= 4 is 50.2 Å². The summed E-state index contributed by atoms with van der Waals surface area (Å²) in [5.74, 6) is 1.61. The van der Waals surface area contributed by atoms with Crippen LogP contribution in [-0.4, -0.2) is 26.4 Å². The molecule has 1 aliphatic carbocycles. The van der Waals surface area contributed by atoms with Gasteiger partial charge in [-0.25, -0.2) is 15.0 Å². The van der Waals surface area contributed by atoms with Crippen LogP contribution in [0.25, 0.3) is 84.1 Å². The number of fused-ring (bicyclic) bond motifs is 6. The third-order valence-electron chi connectivity index (χ3n) is 8.77. The maximum atomic E-state index is 8.59. The average Bonchev–Trinajstić information content (AvgIpc) is 3.52. The highest BCUT2D eigenvalue weighted by Crippen LogP contribution is 2.37. The fraction of sp³-hybridized carbons (Fsp3) is 0. The Balaban J connectivity index is 1.26. The number of rotatable bonds is 4. The molecule has 0 atom stereocenters. The molecular formula is C41H25N5O. The quantitative estimate of drug-likeness (QED) is 0.209. The van der Waals surface area contributed by atoms with Crippen LogP contribution < -0.4 is 0 Å². The van der Waals surface area contributed by atoms with Gasteiger partial charge in [-0.2, -0.15) is 0 Å². The third-order valence-corrected chi connectivity index (χ3v) is 8.77. The van der Waals surface area contributed by atoms with E-state index in [2.05, 4.69) is 42.5 Å². The van der Waals surface area contributed by atoms with Gasteiger partial charge in [0.1, 0.15) is 11.2 Å². The van der Waals surface area contributed by atoms with Gasteiger partial charge in [-0.05, 0) is 57.8 Å². The third kappa shape index (κ3) is 4.46. The van der Waals surface area contributed by atoms with E-state index >= 15 is 0 Å². The van der Waals surface area contributed by atoms with E-state index < -0.39 is 0 Å². The molecule has 0 bridgehead atoms. The summed E-state index contributed by atoms with van der Waals surface area (Å²) in [5.41, 5.74) is 8.36. The Labute approximate surface area is 269 Å². The van der Waals surface area contributed by atoms with E-state index in [1.54, 1.807) is 6.08 Å². The van der Waals surface area contributed by atoms with Gasteiger partial charge in [0.05, 0.1) is 17.0 Å². The predicted molar refractivity (Wildman–Crippen MR) is 190 cm³/mol. The van der Waals surface area contributed by atoms with E-state index in [0.717, 1.165) is 71.7 Å². The summed E-state index contributed by atoms with van der Waals surface area (Å²) >= 11 is 0. The molecule has 2 N–H and O–H groups in total. The van der Waals surface area contributed by atoms with Gasteiger partial charge in [0.15, 0.2) is 17.5 Å². The Morgan fingerprint density at radius 2 is 1.19 bits per heavy atom. The fourth-order valence-electron chi connectivity index (χ4n) is 6.44. The topological polar surface area (TPSA) is 99.5 Å². The second-order valence-electron chi connectivity index (χ2n) is 11.6. The number of nitrogens with one attached hydrogen (secondary N) is 2. The van der Waals surface area contributed by atoms with Gasteiger partial charge in [0.25, 0.3) is 0 Å². The molecule has 0 saturated heterocycles. The second kappa shape index (κ2) is 10.5. The Morgan fingerprint density at radius 1 is 0.489 bits per heavy atom. The van der Waals surface area contributed by atoms with Gasteiger partial charge >= 0.3 is 0 Å². The van der Waals surface area contributed by atoms with Gasteiger partial charge in [-0.3, -0.25) is 10.8 Å². The van der Waals surface area contributed by atoms with Gasteiger partial charge in [0, 0.05) is 27.5 Å². The lowest BCUT2D eigenvalue weighted by molar-refractivity contribution is 0.669. The highest BCUT2D eigenvalue weighted by molar-refractivity contribution is 6.53. The molecule has 0 saturated carbocycles. The molecule has 0 unspecified atom stereocenters. The Hall–Kier alpha value is -6.53. The lowest BCUT2D eigenvalue weighted by atomic mass is 9.89. The maximum absolute atomic E-state index is 8.59. The summed E-state index contributed by atoms with van der Waals surface area (Å²) in [5, 5.41) is 20.7. The number of allylic oxidation sites excluding steroid dienone is 1. The van der Waals surface area contributed by atoms with Gasteiger partial charge < -0.3 is 4.42 Å². The number of para-hydroxylation sites is 2. The van der Waals surface area contributed by atoms with Crippen molar-refractivity contribution in [1.29, 1.82) is 10.8 Å². The molecule has 2 heterocycles. The van der Waals surface area contributed by atoms with Crippen LogP contribution in [-0.2, 0) is 0 Å². The second-order valence-corrected chi connectivity index (χ2v) is 11.6. The van der Waals surface area contributed by atoms with Crippen molar-refractivity contribution in [2.75, 3.05) is 0 Å². The number of hydrogen-bond acceptors (Lipinski definition) is 6. The van der Waals surface area contributed by atoms with Crippen molar-refractivity contribution in [2.24, 2.45) is 0 Å². The Kier molecular flexibility index (Phi) is 6.01. The number of benzene rings is 6. The van der Waals surface area contributed by atoms with Gasteiger partial charge in [-0.1, -0.05) is 109 Å². The van der Waals surface area contributed by atoms with Gasteiger partial charge in [-0.15, -0.1) is 0 Å². The van der Waals surface area contributed by atoms with Crippen LogP contribution in [0.1, 0.15) is 11.1 Å². The van der Waals surface area contributed by atoms with Crippen LogP contribution >= 0.6 is 0 Å². The molecule has 2 aromatic heterocycles. The first-order chi connectivity index (χ1) is 23.1. The molecule has 8 aromatic rings. The molecule has 0 spiro atoms. The van der Waals surface area contributed by atoms with Crippen LogP contribution in [0.2, 0.25) is 0 Å². The molecule has 1 aliphatic rings. The molecule has 6 aromatic carbocycles. The highest BCUT2D eigenvalue weighted by Gasteiger charge is 2.20. The van der Waals surface area contributed by atoms with E-state index in [4.69, 9.17) is 30.2 Å². The minimum atomic E-state index is 0.207. The molecule has 6 heteroatoms. The van der Waals surface area contributed by atoms with Crippen molar-refractivity contribution in [2.45, 2.75) is 0 Å². The van der Waals surface area contributed by atoms with E-state index in [1.165, 1.54) is 0 Å². The highest BCUT2D eigenvalue weighted by atomic mass is 16.3. The van der Waals surface area contributed by atoms with Crippen LogP contribution in [0.15, 0.2) is 138 Å².